The second-order valence-electron chi connectivity index (χ2n) is 2.69. The van der Waals surface area contributed by atoms with E-state index < -0.39 is 0 Å². The van der Waals surface area contributed by atoms with Gasteiger partial charge in [-0.3, -0.25) is 4.98 Å². The van der Waals surface area contributed by atoms with Crippen molar-refractivity contribution in [2.45, 2.75) is 6.92 Å². The van der Waals surface area contributed by atoms with E-state index in [1.54, 1.807) is 18.6 Å². The van der Waals surface area contributed by atoms with Gasteiger partial charge in [-0.25, -0.2) is 4.98 Å². The summed E-state index contributed by atoms with van der Waals surface area (Å²) >= 11 is 0. The first kappa shape index (κ1) is 7.03. The molecular formula is C9H8N2O. The Hall–Kier alpha value is -1.64. The minimum Gasteiger partial charge on any atom is -0.493 e. The standard InChI is InChI=1S/C9H8N2O/c1-6-4-11-9(12)8-5-10-3-2-7(6)8/h2-5H,1H3,(H,11,12). The Kier molecular flexibility index (Phi) is 1.43. The summed E-state index contributed by atoms with van der Waals surface area (Å²) in [6.45, 7) is 1.95. The van der Waals surface area contributed by atoms with E-state index in [9.17, 15) is 5.11 Å². The van der Waals surface area contributed by atoms with Gasteiger partial charge in [0, 0.05) is 18.6 Å². The zero-order chi connectivity index (χ0) is 8.55. The first-order chi connectivity index (χ1) is 5.79. The van der Waals surface area contributed by atoms with Crippen LogP contribution >= 0.6 is 0 Å². The minimum atomic E-state index is 0.0451. The number of pyridine rings is 2. The zero-order valence-corrected chi connectivity index (χ0v) is 6.65. The topological polar surface area (TPSA) is 46.0 Å². The summed E-state index contributed by atoms with van der Waals surface area (Å²) in [5.41, 5.74) is 1.05. The van der Waals surface area contributed by atoms with E-state index in [0.717, 1.165) is 10.9 Å². The number of aromatic hydroxyl groups is 1. The molecule has 0 aliphatic carbocycles. The van der Waals surface area contributed by atoms with Crippen molar-refractivity contribution < 1.29 is 5.11 Å². The Bertz CT molecular complexity index is 385. The van der Waals surface area contributed by atoms with Crippen LogP contribution in [-0.2, 0) is 0 Å². The van der Waals surface area contributed by atoms with Crippen LogP contribution in [0, 0.1) is 6.92 Å². The van der Waals surface area contributed by atoms with Crippen LogP contribution in [0.2, 0.25) is 0 Å². The highest BCUT2D eigenvalue weighted by atomic mass is 16.3. The first-order valence-corrected chi connectivity index (χ1v) is 3.67. The molecule has 0 aromatic carbocycles. The zero-order valence-electron chi connectivity index (χ0n) is 6.65. The molecule has 60 valence electrons. The molecule has 2 heterocycles. The van der Waals surface area contributed by atoms with Gasteiger partial charge in [-0.1, -0.05) is 0 Å². The van der Waals surface area contributed by atoms with Crippen molar-refractivity contribution >= 4 is 10.8 Å². The van der Waals surface area contributed by atoms with Gasteiger partial charge in [0.2, 0.25) is 5.88 Å². The van der Waals surface area contributed by atoms with Crippen LogP contribution in [0.1, 0.15) is 5.56 Å². The molecule has 0 bridgehead atoms. The fourth-order valence-corrected chi connectivity index (χ4v) is 1.21. The fourth-order valence-electron chi connectivity index (χ4n) is 1.21. The SMILES string of the molecule is Cc1cnc(O)c2cnccc12. The summed E-state index contributed by atoms with van der Waals surface area (Å²) in [5, 5.41) is 11.0. The van der Waals surface area contributed by atoms with Crippen LogP contribution in [-0.4, -0.2) is 15.1 Å². The van der Waals surface area contributed by atoms with Gasteiger partial charge in [-0.2, -0.15) is 0 Å². The molecule has 0 fully saturated rings. The number of nitrogens with zero attached hydrogens (tertiary/aromatic N) is 2. The number of aryl methyl sites for hydroxylation is 1. The van der Waals surface area contributed by atoms with Gasteiger partial charge >= 0.3 is 0 Å². The van der Waals surface area contributed by atoms with Crippen molar-refractivity contribution in [3.05, 3.63) is 30.2 Å². The lowest BCUT2D eigenvalue weighted by Gasteiger charge is -2.00. The summed E-state index contributed by atoms with van der Waals surface area (Å²) in [5.74, 6) is 0.0451. The summed E-state index contributed by atoms with van der Waals surface area (Å²) < 4.78 is 0. The van der Waals surface area contributed by atoms with Crippen LogP contribution in [0.15, 0.2) is 24.7 Å². The second-order valence-corrected chi connectivity index (χ2v) is 2.69. The summed E-state index contributed by atoms with van der Waals surface area (Å²) in [4.78, 5) is 7.74. The highest BCUT2D eigenvalue weighted by molar-refractivity contribution is 5.87. The molecule has 0 aliphatic heterocycles. The van der Waals surface area contributed by atoms with E-state index in [1.165, 1.54) is 0 Å². The number of hydrogen-bond donors (Lipinski definition) is 1. The van der Waals surface area contributed by atoms with Gasteiger partial charge in [0.05, 0.1) is 5.39 Å². The number of hydrogen-bond acceptors (Lipinski definition) is 3. The Morgan fingerprint density at radius 1 is 1.25 bits per heavy atom. The van der Waals surface area contributed by atoms with Crippen molar-refractivity contribution in [1.29, 1.82) is 0 Å². The van der Waals surface area contributed by atoms with Gasteiger partial charge in [0.1, 0.15) is 0 Å². The van der Waals surface area contributed by atoms with Crippen molar-refractivity contribution in [3.63, 3.8) is 0 Å². The van der Waals surface area contributed by atoms with Gasteiger partial charge in [0.25, 0.3) is 0 Å². The first-order valence-electron chi connectivity index (χ1n) is 3.67. The molecule has 0 saturated heterocycles. The molecule has 3 heteroatoms. The van der Waals surface area contributed by atoms with Gasteiger partial charge < -0.3 is 5.11 Å². The summed E-state index contributed by atoms with van der Waals surface area (Å²) in [6.07, 6.45) is 4.97. The second kappa shape index (κ2) is 2.44. The maximum absolute atomic E-state index is 9.34. The molecule has 0 amide bonds. The Balaban J connectivity index is 2.95. The third-order valence-corrected chi connectivity index (χ3v) is 1.87. The third-order valence-electron chi connectivity index (χ3n) is 1.87. The van der Waals surface area contributed by atoms with Crippen molar-refractivity contribution in [1.82, 2.24) is 9.97 Å². The maximum Gasteiger partial charge on any atom is 0.220 e. The molecule has 2 aromatic heterocycles. The lowest BCUT2D eigenvalue weighted by molar-refractivity contribution is 0.460. The predicted molar refractivity (Wildman–Crippen MR) is 45.9 cm³/mol. The molecule has 0 saturated carbocycles. The third kappa shape index (κ3) is 0.906. The van der Waals surface area contributed by atoms with E-state index in [1.807, 2.05) is 13.0 Å². The Labute approximate surface area is 69.7 Å². The highest BCUT2D eigenvalue weighted by Crippen LogP contribution is 2.22. The highest BCUT2D eigenvalue weighted by Gasteiger charge is 2.01. The molecule has 0 radical (unpaired) electrons. The average molecular weight is 160 g/mol. The Morgan fingerprint density at radius 3 is 2.83 bits per heavy atom. The molecular weight excluding hydrogens is 152 g/mol. The van der Waals surface area contributed by atoms with E-state index in [4.69, 9.17) is 0 Å². The summed E-state index contributed by atoms with van der Waals surface area (Å²) in [6, 6.07) is 1.87. The average Bonchev–Trinajstić information content (AvgIpc) is 2.12. The lowest BCUT2D eigenvalue weighted by atomic mass is 10.1. The van der Waals surface area contributed by atoms with Gasteiger partial charge in [0.15, 0.2) is 0 Å². The molecule has 2 aromatic rings. The maximum atomic E-state index is 9.34. The largest absolute Gasteiger partial charge is 0.493 e. The number of fused-ring (bicyclic) bond motifs is 1. The predicted octanol–water partition coefficient (Wildman–Crippen LogP) is 1.64. The van der Waals surface area contributed by atoms with Crippen molar-refractivity contribution in [3.8, 4) is 5.88 Å². The lowest BCUT2D eigenvalue weighted by Crippen LogP contribution is -1.83. The number of aromatic nitrogens is 2. The molecule has 2 rings (SSSR count). The van der Waals surface area contributed by atoms with Crippen LogP contribution in [0.25, 0.3) is 10.8 Å². The molecule has 0 atom stereocenters. The number of rotatable bonds is 0. The monoisotopic (exact) mass is 160 g/mol. The molecule has 1 N–H and O–H groups in total. The van der Waals surface area contributed by atoms with Gasteiger partial charge in [-0.15, -0.1) is 0 Å². The van der Waals surface area contributed by atoms with Gasteiger partial charge in [-0.05, 0) is 23.9 Å². The molecule has 0 unspecified atom stereocenters. The van der Waals surface area contributed by atoms with Crippen LogP contribution in [0.4, 0.5) is 0 Å². The molecule has 12 heavy (non-hydrogen) atoms. The summed E-state index contributed by atoms with van der Waals surface area (Å²) in [7, 11) is 0. The van der Waals surface area contributed by atoms with Crippen molar-refractivity contribution in [2.75, 3.05) is 0 Å². The molecule has 3 nitrogen and oxygen atoms in total. The Morgan fingerprint density at radius 2 is 2.08 bits per heavy atom. The van der Waals surface area contributed by atoms with E-state index in [0.29, 0.717) is 5.39 Å². The van der Waals surface area contributed by atoms with Crippen molar-refractivity contribution in [2.24, 2.45) is 0 Å². The smallest absolute Gasteiger partial charge is 0.220 e. The van der Waals surface area contributed by atoms with E-state index in [2.05, 4.69) is 9.97 Å². The minimum absolute atomic E-state index is 0.0451. The quantitative estimate of drug-likeness (QED) is 0.637. The molecule has 0 aliphatic rings. The normalized spacial score (nSPS) is 10.4. The van der Waals surface area contributed by atoms with E-state index in [-0.39, 0.29) is 5.88 Å². The van der Waals surface area contributed by atoms with Crippen LogP contribution in [0.5, 0.6) is 5.88 Å². The van der Waals surface area contributed by atoms with Crippen LogP contribution < -0.4 is 0 Å². The fraction of sp³-hybridized carbons (Fsp3) is 0.111. The van der Waals surface area contributed by atoms with E-state index >= 15 is 0 Å². The molecule has 0 spiro atoms. The van der Waals surface area contributed by atoms with Crippen LogP contribution in [0.3, 0.4) is 0 Å².